The van der Waals surface area contributed by atoms with Gasteiger partial charge in [-0.15, -0.1) is 0 Å². The van der Waals surface area contributed by atoms with Crippen molar-refractivity contribution in [2.24, 2.45) is 0 Å². The third kappa shape index (κ3) is 7.96. The van der Waals surface area contributed by atoms with Crippen LogP contribution in [0.5, 0.6) is 0 Å². The molecule has 4 rings (SSSR count). The van der Waals surface area contributed by atoms with E-state index in [4.69, 9.17) is 23.2 Å². The van der Waals surface area contributed by atoms with Crippen LogP contribution in [0.15, 0.2) is 108 Å². The minimum Gasteiger partial charge on any atom is -0.355 e. The SMILES string of the molecule is CCNC(=O)[C@@H](Cc1ccccc1)N(Cc1cccc(C)c1)C(=O)CN(c1cccc(Cl)c1Cl)S(=O)(=O)c1ccccc1. The fourth-order valence-corrected chi connectivity index (χ4v) is 6.67. The highest BCUT2D eigenvalue weighted by atomic mass is 35.5. The maximum Gasteiger partial charge on any atom is 0.264 e. The number of nitrogens with zero attached hydrogens (tertiary/aromatic N) is 2. The molecule has 0 unspecified atom stereocenters. The first-order valence-corrected chi connectivity index (χ1v) is 16.0. The number of halogens is 2. The Morgan fingerprint density at radius 1 is 0.837 bits per heavy atom. The first-order chi connectivity index (χ1) is 20.6. The van der Waals surface area contributed by atoms with Crippen molar-refractivity contribution >= 4 is 50.7 Å². The summed E-state index contributed by atoms with van der Waals surface area (Å²) in [7, 11) is -4.27. The lowest BCUT2D eigenvalue weighted by molar-refractivity contribution is -0.140. The van der Waals surface area contributed by atoms with Crippen molar-refractivity contribution < 1.29 is 18.0 Å². The normalized spacial score (nSPS) is 11.9. The molecule has 2 amide bonds. The molecule has 7 nitrogen and oxygen atoms in total. The molecule has 10 heteroatoms. The Morgan fingerprint density at radius 3 is 2.12 bits per heavy atom. The average Bonchev–Trinajstić information content (AvgIpc) is 3.00. The molecule has 0 aromatic heterocycles. The molecule has 0 aliphatic rings. The molecule has 1 N–H and O–H groups in total. The highest BCUT2D eigenvalue weighted by Gasteiger charge is 2.35. The van der Waals surface area contributed by atoms with Crippen LogP contribution in [0.25, 0.3) is 0 Å². The third-order valence-corrected chi connectivity index (χ3v) is 9.45. The monoisotopic (exact) mass is 637 g/mol. The number of sulfonamides is 1. The van der Waals surface area contributed by atoms with Crippen LogP contribution in [0.4, 0.5) is 5.69 Å². The summed E-state index contributed by atoms with van der Waals surface area (Å²) in [6.07, 6.45) is 0.230. The van der Waals surface area contributed by atoms with Crippen LogP contribution in [-0.4, -0.2) is 44.3 Å². The van der Waals surface area contributed by atoms with Crippen LogP contribution in [0.2, 0.25) is 10.0 Å². The van der Waals surface area contributed by atoms with Crippen LogP contribution >= 0.6 is 23.2 Å². The fraction of sp³-hybridized carbons (Fsp3) is 0.212. The molecule has 0 radical (unpaired) electrons. The zero-order valence-electron chi connectivity index (χ0n) is 23.9. The van der Waals surface area contributed by atoms with Gasteiger partial charge in [0.1, 0.15) is 12.6 Å². The number of carbonyl (C=O) groups excluding carboxylic acids is 2. The first kappa shape index (κ1) is 32.1. The summed E-state index contributed by atoms with van der Waals surface area (Å²) in [5, 5.41) is 2.98. The molecule has 1 atom stereocenters. The average molecular weight is 639 g/mol. The molecule has 0 aliphatic heterocycles. The number of likely N-dealkylation sites (N-methyl/N-ethyl adjacent to an activating group) is 1. The number of aryl methyl sites for hydroxylation is 1. The molecule has 0 bridgehead atoms. The maximum atomic E-state index is 14.4. The summed E-state index contributed by atoms with van der Waals surface area (Å²) >= 11 is 12.8. The molecule has 4 aromatic rings. The number of anilines is 1. The Bertz CT molecular complexity index is 1670. The van der Waals surface area contributed by atoms with Gasteiger partial charge in [0, 0.05) is 19.5 Å². The molecular formula is C33H33Cl2N3O4S. The van der Waals surface area contributed by atoms with E-state index in [2.05, 4.69) is 5.32 Å². The standard InChI is InChI=1S/C33H33Cl2N3O4S/c1-3-36-33(40)30(21-25-13-6-4-7-14-25)37(22-26-15-10-12-24(2)20-26)31(39)23-38(29-19-11-18-28(34)32(29)35)43(41,42)27-16-8-5-9-17-27/h4-20,30H,3,21-23H2,1-2H3,(H,36,40)/t30-/m1/s1. The van der Waals surface area contributed by atoms with E-state index in [1.165, 1.54) is 29.2 Å². The van der Waals surface area contributed by atoms with Gasteiger partial charge in [0.25, 0.3) is 10.0 Å². The molecule has 0 spiro atoms. The van der Waals surface area contributed by atoms with E-state index in [0.29, 0.717) is 6.54 Å². The van der Waals surface area contributed by atoms with Crippen molar-refractivity contribution in [3.8, 4) is 0 Å². The summed E-state index contributed by atoms with van der Waals surface area (Å²) < 4.78 is 29.0. The van der Waals surface area contributed by atoms with Crippen molar-refractivity contribution in [3.05, 3.63) is 130 Å². The molecule has 0 aliphatic carbocycles. The minimum atomic E-state index is -4.27. The van der Waals surface area contributed by atoms with Crippen molar-refractivity contribution in [1.82, 2.24) is 10.2 Å². The van der Waals surface area contributed by atoms with Gasteiger partial charge >= 0.3 is 0 Å². The van der Waals surface area contributed by atoms with Crippen LogP contribution in [0.1, 0.15) is 23.6 Å². The van der Waals surface area contributed by atoms with Gasteiger partial charge in [-0.05, 0) is 49.2 Å². The Kier molecular flexibility index (Phi) is 10.9. The topological polar surface area (TPSA) is 86.8 Å². The lowest BCUT2D eigenvalue weighted by Gasteiger charge is -2.34. The second-order valence-electron chi connectivity index (χ2n) is 10.0. The first-order valence-electron chi connectivity index (χ1n) is 13.8. The minimum absolute atomic E-state index is 0.00808. The molecule has 0 saturated heterocycles. The van der Waals surface area contributed by atoms with Gasteiger partial charge in [0.05, 0.1) is 20.6 Å². The van der Waals surface area contributed by atoms with Crippen LogP contribution in [0.3, 0.4) is 0 Å². The number of hydrogen-bond acceptors (Lipinski definition) is 4. The van der Waals surface area contributed by atoms with E-state index in [-0.39, 0.29) is 39.5 Å². The predicted molar refractivity (Wildman–Crippen MR) is 172 cm³/mol. The zero-order valence-corrected chi connectivity index (χ0v) is 26.2. The summed E-state index contributed by atoms with van der Waals surface area (Å²) in [6, 6.07) is 28.5. The predicted octanol–water partition coefficient (Wildman–Crippen LogP) is 6.27. The number of benzene rings is 4. The summed E-state index contributed by atoms with van der Waals surface area (Å²) in [6.45, 7) is 3.57. The van der Waals surface area contributed by atoms with E-state index in [1.54, 1.807) is 31.2 Å². The van der Waals surface area contributed by atoms with Crippen LogP contribution in [0, 0.1) is 6.92 Å². The van der Waals surface area contributed by atoms with E-state index in [9.17, 15) is 18.0 Å². The number of nitrogens with one attached hydrogen (secondary N) is 1. The summed E-state index contributed by atoms with van der Waals surface area (Å²) in [5.41, 5.74) is 2.70. The van der Waals surface area contributed by atoms with Crippen molar-refractivity contribution in [2.45, 2.75) is 37.8 Å². The molecule has 0 saturated carbocycles. The summed E-state index contributed by atoms with van der Waals surface area (Å²) in [5.74, 6) is -0.921. The Hall–Kier alpha value is -3.85. The van der Waals surface area contributed by atoms with Crippen molar-refractivity contribution in [1.29, 1.82) is 0 Å². The molecule has 4 aromatic carbocycles. The van der Waals surface area contributed by atoms with Crippen LogP contribution < -0.4 is 9.62 Å². The lowest BCUT2D eigenvalue weighted by atomic mass is 10.0. The van der Waals surface area contributed by atoms with Gasteiger partial charge in [0.2, 0.25) is 11.8 Å². The fourth-order valence-electron chi connectivity index (χ4n) is 4.77. The summed E-state index contributed by atoms with van der Waals surface area (Å²) in [4.78, 5) is 29.4. The van der Waals surface area contributed by atoms with Crippen molar-refractivity contribution in [3.63, 3.8) is 0 Å². The van der Waals surface area contributed by atoms with Gasteiger partial charge in [-0.25, -0.2) is 8.42 Å². The Labute approximate surface area is 263 Å². The maximum absolute atomic E-state index is 14.4. The molecule has 0 fully saturated rings. The quantitative estimate of drug-likeness (QED) is 0.198. The van der Waals surface area contributed by atoms with E-state index < -0.39 is 28.5 Å². The number of amides is 2. The van der Waals surface area contributed by atoms with Gasteiger partial charge in [-0.1, -0.05) is 108 Å². The Balaban J connectivity index is 1.82. The van der Waals surface area contributed by atoms with Crippen LogP contribution in [-0.2, 0) is 32.6 Å². The number of hydrogen-bond donors (Lipinski definition) is 1. The number of rotatable bonds is 12. The van der Waals surface area contributed by atoms with Gasteiger partial charge in [0.15, 0.2) is 0 Å². The largest absolute Gasteiger partial charge is 0.355 e. The van der Waals surface area contributed by atoms with Gasteiger partial charge in [-0.2, -0.15) is 0 Å². The van der Waals surface area contributed by atoms with E-state index in [0.717, 1.165) is 21.0 Å². The lowest BCUT2D eigenvalue weighted by Crippen LogP contribution is -2.53. The molecule has 43 heavy (non-hydrogen) atoms. The van der Waals surface area contributed by atoms with E-state index >= 15 is 0 Å². The second kappa shape index (κ2) is 14.6. The number of carbonyl (C=O) groups is 2. The second-order valence-corrected chi connectivity index (χ2v) is 12.7. The highest BCUT2D eigenvalue weighted by Crippen LogP contribution is 2.35. The molecule has 224 valence electrons. The van der Waals surface area contributed by atoms with Gasteiger partial charge in [-0.3, -0.25) is 13.9 Å². The Morgan fingerprint density at radius 2 is 1.47 bits per heavy atom. The molecule has 0 heterocycles. The highest BCUT2D eigenvalue weighted by molar-refractivity contribution is 7.92. The zero-order chi connectivity index (χ0) is 31.0. The van der Waals surface area contributed by atoms with Crippen molar-refractivity contribution in [2.75, 3.05) is 17.4 Å². The van der Waals surface area contributed by atoms with Gasteiger partial charge < -0.3 is 10.2 Å². The smallest absolute Gasteiger partial charge is 0.264 e. The molecular weight excluding hydrogens is 605 g/mol. The third-order valence-electron chi connectivity index (χ3n) is 6.87. The van der Waals surface area contributed by atoms with E-state index in [1.807, 2.05) is 61.5 Å².